The Balaban J connectivity index is 1.69. The van der Waals surface area contributed by atoms with Crippen molar-refractivity contribution in [2.75, 3.05) is 5.32 Å². The minimum Gasteiger partial charge on any atom is -0.341 e. The Hall–Kier alpha value is -4.14. The van der Waals surface area contributed by atoms with E-state index in [4.69, 9.17) is 0 Å². The summed E-state index contributed by atoms with van der Waals surface area (Å²) in [6, 6.07) is 19.6. The van der Waals surface area contributed by atoms with Crippen molar-refractivity contribution in [1.82, 2.24) is 15.3 Å². The van der Waals surface area contributed by atoms with E-state index in [1.165, 1.54) is 13.0 Å². The molecular weight excluding hydrogens is 433 g/mol. The minimum atomic E-state index is -4.59. The van der Waals surface area contributed by atoms with Crippen LogP contribution in [0.4, 0.5) is 18.9 Å². The van der Waals surface area contributed by atoms with Crippen LogP contribution in [-0.2, 0) is 11.0 Å². The third kappa shape index (κ3) is 5.03. The number of fused-ring (bicyclic) bond motifs is 1. The number of carbonyl (C=O) groups is 2. The third-order valence-electron chi connectivity index (χ3n) is 4.96. The summed E-state index contributed by atoms with van der Waals surface area (Å²) >= 11 is 0. The van der Waals surface area contributed by atoms with Crippen molar-refractivity contribution in [2.24, 2.45) is 0 Å². The van der Waals surface area contributed by atoms with Crippen LogP contribution in [0, 0.1) is 0 Å². The summed E-state index contributed by atoms with van der Waals surface area (Å²) in [7, 11) is 0. The second-order valence-corrected chi connectivity index (χ2v) is 7.44. The lowest BCUT2D eigenvalue weighted by Crippen LogP contribution is -2.29. The summed E-state index contributed by atoms with van der Waals surface area (Å²) in [5, 5.41) is 5.57. The molecule has 0 spiro atoms. The maximum atomic E-state index is 13.0. The van der Waals surface area contributed by atoms with Gasteiger partial charge in [-0.25, -0.2) is 4.98 Å². The lowest BCUT2D eigenvalue weighted by Gasteiger charge is -2.20. The Morgan fingerprint density at radius 1 is 0.939 bits per heavy atom. The molecule has 0 radical (unpaired) electrons. The molecule has 0 bridgehead atoms. The minimum absolute atomic E-state index is 0.173. The fourth-order valence-electron chi connectivity index (χ4n) is 3.50. The highest BCUT2D eigenvalue weighted by molar-refractivity contribution is 5.97. The molecule has 0 aliphatic heterocycles. The van der Waals surface area contributed by atoms with Gasteiger partial charge in [0.25, 0.3) is 5.91 Å². The molecule has 33 heavy (non-hydrogen) atoms. The molecule has 0 saturated carbocycles. The summed E-state index contributed by atoms with van der Waals surface area (Å²) < 4.78 is 39.1. The number of hydrogen-bond donors (Lipinski definition) is 3. The Labute approximate surface area is 186 Å². The van der Waals surface area contributed by atoms with Gasteiger partial charge in [0.05, 0.1) is 17.1 Å². The van der Waals surface area contributed by atoms with E-state index in [1.54, 1.807) is 36.4 Å². The van der Waals surface area contributed by atoms with Crippen molar-refractivity contribution in [2.45, 2.75) is 19.1 Å². The number of rotatable bonds is 5. The van der Waals surface area contributed by atoms with Gasteiger partial charge in [-0.05, 0) is 41.5 Å². The third-order valence-corrected chi connectivity index (χ3v) is 4.96. The molecule has 0 aliphatic carbocycles. The zero-order valence-electron chi connectivity index (χ0n) is 17.4. The Morgan fingerprint density at radius 2 is 1.70 bits per heavy atom. The number of H-pyrrole nitrogens is 1. The number of hydrogen-bond acceptors (Lipinski definition) is 3. The highest BCUT2D eigenvalue weighted by Gasteiger charge is 2.34. The van der Waals surface area contributed by atoms with Crippen LogP contribution in [-0.4, -0.2) is 21.8 Å². The van der Waals surface area contributed by atoms with Crippen LogP contribution in [0.1, 0.15) is 40.3 Å². The van der Waals surface area contributed by atoms with E-state index >= 15 is 0 Å². The van der Waals surface area contributed by atoms with Gasteiger partial charge in [0.2, 0.25) is 11.7 Å². The first-order valence-electron chi connectivity index (χ1n) is 10.0. The number of carbonyl (C=O) groups excluding carboxylic acids is 2. The van der Waals surface area contributed by atoms with Crippen molar-refractivity contribution in [1.29, 1.82) is 0 Å². The van der Waals surface area contributed by atoms with E-state index in [-0.39, 0.29) is 16.9 Å². The van der Waals surface area contributed by atoms with Crippen molar-refractivity contribution in [3.8, 4) is 0 Å². The molecule has 0 saturated heterocycles. The standard InChI is InChI=1S/C24H19F3N4O2/c1-14(32)28-18-9-5-8-17(12-18)22(33)31-21(15-6-3-2-4-7-15)16-10-11-19-20(13-16)30-23(29-19)24(25,26)27/h2-13,21H,1H3,(H,28,32)(H,29,30)(H,31,33). The molecule has 6 nitrogen and oxygen atoms in total. The number of anilines is 1. The molecule has 9 heteroatoms. The van der Waals surface area contributed by atoms with Gasteiger partial charge in [0.1, 0.15) is 0 Å². The van der Waals surface area contributed by atoms with Crippen LogP contribution in [0.25, 0.3) is 11.0 Å². The summed E-state index contributed by atoms with van der Waals surface area (Å²) in [5.74, 6) is -1.75. The molecule has 1 heterocycles. The van der Waals surface area contributed by atoms with Crippen molar-refractivity contribution in [3.63, 3.8) is 0 Å². The van der Waals surface area contributed by atoms with Crippen LogP contribution in [0.2, 0.25) is 0 Å². The highest BCUT2D eigenvalue weighted by Crippen LogP contribution is 2.30. The van der Waals surface area contributed by atoms with Crippen molar-refractivity contribution < 1.29 is 22.8 Å². The SMILES string of the molecule is CC(=O)Nc1cccc(C(=O)NC(c2ccccc2)c2ccc3nc(C(F)(F)F)[nH]c3c2)c1. The molecule has 4 aromatic rings. The Morgan fingerprint density at radius 3 is 2.39 bits per heavy atom. The van der Waals surface area contributed by atoms with Gasteiger partial charge >= 0.3 is 6.18 Å². The van der Waals surface area contributed by atoms with Gasteiger partial charge in [0, 0.05) is 18.2 Å². The number of alkyl halides is 3. The Kier molecular flexibility index (Phi) is 5.87. The second-order valence-electron chi connectivity index (χ2n) is 7.44. The largest absolute Gasteiger partial charge is 0.449 e. The lowest BCUT2D eigenvalue weighted by atomic mass is 9.97. The number of nitrogens with one attached hydrogen (secondary N) is 3. The quantitative estimate of drug-likeness (QED) is 0.396. The lowest BCUT2D eigenvalue weighted by molar-refractivity contribution is -0.144. The smallest absolute Gasteiger partial charge is 0.341 e. The molecule has 3 aromatic carbocycles. The highest BCUT2D eigenvalue weighted by atomic mass is 19.4. The van der Waals surface area contributed by atoms with Crippen molar-refractivity contribution in [3.05, 3.63) is 95.3 Å². The summed E-state index contributed by atoms with van der Waals surface area (Å²) in [4.78, 5) is 30.3. The summed E-state index contributed by atoms with van der Waals surface area (Å²) in [6.07, 6.45) is -4.59. The Bertz CT molecular complexity index is 1320. The predicted molar refractivity (Wildman–Crippen MR) is 118 cm³/mol. The normalized spacial score (nSPS) is 12.4. The maximum Gasteiger partial charge on any atom is 0.449 e. The molecule has 4 rings (SSSR count). The molecule has 1 atom stereocenters. The van der Waals surface area contributed by atoms with Crippen LogP contribution >= 0.6 is 0 Å². The molecule has 168 valence electrons. The van der Waals surface area contributed by atoms with E-state index < -0.39 is 23.9 Å². The molecule has 1 unspecified atom stereocenters. The van der Waals surface area contributed by atoms with E-state index in [0.29, 0.717) is 16.8 Å². The van der Waals surface area contributed by atoms with E-state index in [9.17, 15) is 22.8 Å². The van der Waals surface area contributed by atoms with Gasteiger partial charge in [-0.1, -0.05) is 42.5 Å². The number of nitrogens with zero attached hydrogens (tertiary/aromatic N) is 1. The van der Waals surface area contributed by atoms with Crippen LogP contribution in [0.3, 0.4) is 0 Å². The summed E-state index contributed by atoms with van der Waals surface area (Å²) in [5.41, 5.74) is 2.51. The average molecular weight is 452 g/mol. The first-order valence-corrected chi connectivity index (χ1v) is 10.0. The molecule has 2 amide bonds. The average Bonchev–Trinajstić information content (AvgIpc) is 3.22. The zero-order chi connectivity index (χ0) is 23.6. The molecule has 3 N–H and O–H groups in total. The molecule has 0 fully saturated rings. The number of aromatic amines is 1. The first kappa shape index (κ1) is 22.1. The van der Waals surface area contributed by atoms with Gasteiger partial charge in [0.15, 0.2) is 0 Å². The van der Waals surface area contributed by atoms with Crippen molar-refractivity contribution >= 4 is 28.5 Å². The van der Waals surface area contributed by atoms with E-state index in [1.807, 2.05) is 30.3 Å². The maximum absolute atomic E-state index is 13.0. The van der Waals surface area contributed by atoms with Crippen LogP contribution in [0.5, 0.6) is 0 Å². The fourth-order valence-corrected chi connectivity index (χ4v) is 3.50. The monoisotopic (exact) mass is 452 g/mol. The number of benzene rings is 3. The van der Waals surface area contributed by atoms with Gasteiger partial charge in [-0.2, -0.15) is 13.2 Å². The van der Waals surface area contributed by atoms with Crippen LogP contribution < -0.4 is 10.6 Å². The number of halogens is 3. The summed E-state index contributed by atoms with van der Waals surface area (Å²) in [6.45, 7) is 1.37. The molecule has 0 aliphatic rings. The number of imidazole rings is 1. The van der Waals surface area contributed by atoms with E-state index in [2.05, 4.69) is 20.6 Å². The molecular formula is C24H19F3N4O2. The van der Waals surface area contributed by atoms with Gasteiger partial charge < -0.3 is 15.6 Å². The predicted octanol–water partition coefficient (Wildman–Crippen LogP) is 5.06. The second kappa shape index (κ2) is 8.78. The molecule has 1 aromatic heterocycles. The van der Waals surface area contributed by atoms with Crippen LogP contribution in [0.15, 0.2) is 72.8 Å². The fraction of sp³-hybridized carbons (Fsp3) is 0.125. The number of amides is 2. The van der Waals surface area contributed by atoms with E-state index in [0.717, 1.165) is 5.56 Å². The zero-order valence-corrected chi connectivity index (χ0v) is 17.4. The van der Waals surface area contributed by atoms with Gasteiger partial charge in [-0.15, -0.1) is 0 Å². The number of aromatic nitrogens is 2. The topological polar surface area (TPSA) is 86.9 Å². The first-order chi connectivity index (χ1) is 15.7. The van der Waals surface area contributed by atoms with Gasteiger partial charge in [-0.3, -0.25) is 9.59 Å².